The molecule has 1 aliphatic heterocycles. The van der Waals surface area contributed by atoms with Crippen molar-refractivity contribution in [2.45, 2.75) is 43.2 Å². The molecule has 1 amide bonds. The van der Waals surface area contributed by atoms with Crippen molar-refractivity contribution in [3.05, 3.63) is 35.4 Å². The largest absolute Gasteiger partial charge is 0.490 e. The van der Waals surface area contributed by atoms with E-state index in [0.29, 0.717) is 17.8 Å². The third-order valence-corrected chi connectivity index (χ3v) is 5.51. The third-order valence-electron chi connectivity index (χ3n) is 5.51. The van der Waals surface area contributed by atoms with Gasteiger partial charge in [-0.15, -0.1) is 0 Å². The Balaban J connectivity index is 0.000000321. The number of carbonyl (C=O) groups excluding carboxylic acids is 1. The van der Waals surface area contributed by atoms with Gasteiger partial charge in [-0.1, -0.05) is 24.3 Å². The molecule has 150 valence electrons. The van der Waals surface area contributed by atoms with Crippen LogP contribution in [-0.2, 0) is 15.0 Å². The van der Waals surface area contributed by atoms with Crippen molar-refractivity contribution in [2.24, 2.45) is 0 Å². The molecule has 8 heteroatoms. The van der Waals surface area contributed by atoms with Crippen LogP contribution in [0, 0.1) is 0 Å². The van der Waals surface area contributed by atoms with Crippen molar-refractivity contribution in [2.75, 3.05) is 27.2 Å². The summed E-state index contributed by atoms with van der Waals surface area (Å²) in [6.07, 6.45) is -0.853. The monoisotopic (exact) mass is 386 g/mol. The smallest absolute Gasteiger partial charge is 0.475 e. The number of halogens is 3. The fraction of sp³-hybridized carbons (Fsp3) is 0.579. The number of carboxylic acid groups (broad SMARTS) is 1. The summed E-state index contributed by atoms with van der Waals surface area (Å²) in [5.74, 6) is -2.20. The summed E-state index contributed by atoms with van der Waals surface area (Å²) in [4.78, 5) is 23.1. The summed E-state index contributed by atoms with van der Waals surface area (Å²) in [5, 5.41) is 9.90. The van der Waals surface area contributed by atoms with Crippen molar-refractivity contribution >= 4 is 11.9 Å². The Hall–Kier alpha value is -2.09. The maximum absolute atomic E-state index is 11.8. The molecule has 2 N–H and O–H groups in total. The second kappa shape index (κ2) is 8.29. The zero-order valence-electron chi connectivity index (χ0n) is 15.5. The molecule has 1 heterocycles. The molecule has 0 bridgehead atoms. The summed E-state index contributed by atoms with van der Waals surface area (Å²) in [6, 6.07) is 8.80. The van der Waals surface area contributed by atoms with E-state index in [1.165, 1.54) is 37.1 Å². The summed E-state index contributed by atoms with van der Waals surface area (Å²) in [5.41, 5.74) is 3.25. The molecule has 0 saturated carbocycles. The number of fused-ring (bicyclic) bond motifs is 2. The molecule has 5 nitrogen and oxygen atoms in total. The van der Waals surface area contributed by atoms with Gasteiger partial charge in [-0.3, -0.25) is 4.79 Å². The summed E-state index contributed by atoms with van der Waals surface area (Å²) in [6.45, 7) is 2.34. The average molecular weight is 386 g/mol. The fourth-order valence-electron chi connectivity index (χ4n) is 4.06. The van der Waals surface area contributed by atoms with Gasteiger partial charge in [-0.2, -0.15) is 13.2 Å². The SMILES string of the molecule is CNC(=O)CC1CC2(CCN(C)CC2)c2ccccc21.O=C(O)C(F)(F)F. The van der Waals surface area contributed by atoms with Crippen molar-refractivity contribution < 1.29 is 27.9 Å². The second-order valence-electron chi connectivity index (χ2n) is 7.25. The first kappa shape index (κ1) is 21.2. The first-order valence-corrected chi connectivity index (χ1v) is 8.88. The molecule has 3 rings (SSSR count). The van der Waals surface area contributed by atoms with Gasteiger partial charge in [0, 0.05) is 13.5 Å². The number of alkyl halides is 3. The van der Waals surface area contributed by atoms with Gasteiger partial charge in [-0.05, 0) is 61.9 Å². The number of carbonyl (C=O) groups is 2. The maximum atomic E-state index is 11.8. The molecule has 1 unspecified atom stereocenters. The van der Waals surface area contributed by atoms with Gasteiger partial charge in [-0.25, -0.2) is 4.79 Å². The zero-order chi connectivity index (χ0) is 20.2. The highest BCUT2D eigenvalue weighted by molar-refractivity contribution is 5.77. The maximum Gasteiger partial charge on any atom is 0.490 e. The number of piperidine rings is 1. The van der Waals surface area contributed by atoms with Gasteiger partial charge in [0.2, 0.25) is 5.91 Å². The zero-order valence-corrected chi connectivity index (χ0v) is 15.5. The van der Waals surface area contributed by atoms with Gasteiger partial charge in [0.05, 0.1) is 0 Å². The standard InChI is InChI=1S/C17H24N2O.C2HF3O2/c1-18-16(20)11-13-12-17(7-9-19(2)10-8-17)15-6-4-3-5-14(13)15;3-2(4,5)1(6)7/h3-6,13H,7-12H2,1-2H3,(H,18,20);(H,6,7). The van der Waals surface area contributed by atoms with Crippen molar-refractivity contribution in [3.63, 3.8) is 0 Å². The molecular formula is C19H25F3N2O3. The molecule has 0 radical (unpaired) electrons. The molecule has 1 aliphatic carbocycles. The lowest BCUT2D eigenvalue weighted by Gasteiger charge is -2.39. The van der Waals surface area contributed by atoms with Crippen LogP contribution < -0.4 is 5.32 Å². The lowest BCUT2D eigenvalue weighted by atomic mass is 9.73. The van der Waals surface area contributed by atoms with Crippen LogP contribution in [0.2, 0.25) is 0 Å². The highest BCUT2D eigenvalue weighted by atomic mass is 19.4. The van der Waals surface area contributed by atoms with E-state index in [0.717, 1.165) is 6.42 Å². The number of nitrogens with zero attached hydrogens (tertiary/aromatic N) is 1. The predicted molar refractivity (Wildman–Crippen MR) is 94.6 cm³/mol. The minimum absolute atomic E-state index is 0.162. The normalized spacial score (nSPS) is 21.1. The van der Waals surface area contributed by atoms with Crippen LogP contribution in [0.3, 0.4) is 0 Å². The number of nitrogens with one attached hydrogen (secondary N) is 1. The van der Waals surface area contributed by atoms with Gasteiger partial charge in [0.15, 0.2) is 0 Å². The van der Waals surface area contributed by atoms with Crippen molar-refractivity contribution in [1.29, 1.82) is 0 Å². The van der Waals surface area contributed by atoms with E-state index in [-0.39, 0.29) is 5.91 Å². The Morgan fingerprint density at radius 2 is 1.81 bits per heavy atom. The molecule has 1 atom stereocenters. The summed E-state index contributed by atoms with van der Waals surface area (Å²) >= 11 is 0. The highest BCUT2D eigenvalue weighted by Crippen LogP contribution is 2.52. The number of benzene rings is 1. The Kier molecular flexibility index (Phi) is 6.51. The number of likely N-dealkylation sites (tertiary alicyclic amines) is 1. The molecular weight excluding hydrogens is 361 g/mol. The van der Waals surface area contributed by atoms with Gasteiger partial charge in [0.25, 0.3) is 0 Å². The van der Waals surface area contributed by atoms with Crippen molar-refractivity contribution in [3.8, 4) is 0 Å². The van der Waals surface area contributed by atoms with Crippen LogP contribution in [0.25, 0.3) is 0 Å². The topological polar surface area (TPSA) is 69.6 Å². The van der Waals surface area contributed by atoms with Crippen LogP contribution in [0.1, 0.15) is 42.7 Å². The van der Waals surface area contributed by atoms with E-state index < -0.39 is 12.1 Å². The number of amides is 1. The molecule has 2 aliphatic rings. The van der Waals surface area contributed by atoms with E-state index in [4.69, 9.17) is 9.90 Å². The van der Waals surface area contributed by atoms with E-state index >= 15 is 0 Å². The molecule has 1 spiro atoms. The average Bonchev–Trinajstić information content (AvgIpc) is 2.91. The van der Waals surface area contributed by atoms with Gasteiger partial charge in [0.1, 0.15) is 0 Å². The minimum Gasteiger partial charge on any atom is -0.475 e. The lowest BCUT2D eigenvalue weighted by Crippen LogP contribution is -2.39. The first-order valence-electron chi connectivity index (χ1n) is 8.88. The van der Waals surface area contributed by atoms with E-state index in [9.17, 15) is 18.0 Å². The van der Waals surface area contributed by atoms with Crippen LogP contribution >= 0.6 is 0 Å². The second-order valence-corrected chi connectivity index (χ2v) is 7.25. The predicted octanol–water partition coefficient (Wildman–Crippen LogP) is 2.91. The van der Waals surface area contributed by atoms with Crippen LogP contribution in [-0.4, -0.2) is 55.2 Å². The van der Waals surface area contributed by atoms with E-state index in [2.05, 4.69) is 41.5 Å². The van der Waals surface area contributed by atoms with E-state index in [1.54, 1.807) is 7.05 Å². The highest BCUT2D eigenvalue weighted by Gasteiger charge is 2.45. The Morgan fingerprint density at radius 1 is 1.26 bits per heavy atom. The Morgan fingerprint density at radius 3 is 2.33 bits per heavy atom. The number of rotatable bonds is 2. The fourth-order valence-corrected chi connectivity index (χ4v) is 4.06. The molecule has 1 aromatic carbocycles. The third kappa shape index (κ3) is 5.00. The lowest BCUT2D eigenvalue weighted by molar-refractivity contribution is -0.192. The minimum atomic E-state index is -5.08. The van der Waals surface area contributed by atoms with Crippen LogP contribution in [0.4, 0.5) is 13.2 Å². The number of hydrogen-bond acceptors (Lipinski definition) is 3. The molecule has 1 saturated heterocycles. The van der Waals surface area contributed by atoms with Crippen LogP contribution in [0.5, 0.6) is 0 Å². The summed E-state index contributed by atoms with van der Waals surface area (Å²) in [7, 11) is 3.93. The Labute approximate surface area is 156 Å². The van der Waals surface area contributed by atoms with E-state index in [1.807, 2.05) is 0 Å². The molecule has 27 heavy (non-hydrogen) atoms. The van der Waals surface area contributed by atoms with Gasteiger partial charge < -0.3 is 15.3 Å². The summed E-state index contributed by atoms with van der Waals surface area (Å²) < 4.78 is 31.7. The molecule has 0 aromatic heterocycles. The Bertz CT molecular complexity index is 683. The quantitative estimate of drug-likeness (QED) is 0.820. The van der Waals surface area contributed by atoms with Crippen LogP contribution in [0.15, 0.2) is 24.3 Å². The first-order chi connectivity index (χ1) is 12.6. The molecule has 1 fully saturated rings. The number of hydrogen-bond donors (Lipinski definition) is 2. The number of aliphatic carboxylic acids is 1. The molecule has 1 aromatic rings. The van der Waals surface area contributed by atoms with Gasteiger partial charge >= 0.3 is 12.1 Å². The number of carboxylic acids is 1. The van der Waals surface area contributed by atoms with Crippen molar-refractivity contribution in [1.82, 2.24) is 10.2 Å².